The molecule has 5 aromatic rings. The van der Waals surface area contributed by atoms with Gasteiger partial charge in [-0.05, 0) is 54.6 Å². The summed E-state index contributed by atoms with van der Waals surface area (Å²) in [6.45, 7) is 0. The quantitative estimate of drug-likeness (QED) is 0.390. The summed E-state index contributed by atoms with van der Waals surface area (Å²) in [6, 6.07) is 27.4. The van der Waals surface area contributed by atoms with Crippen molar-refractivity contribution in [2.75, 3.05) is 15.1 Å². The monoisotopic (exact) mass is 376 g/mol. The topological polar surface area (TPSA) is 44.5 Å². The molecule has 0 saturated carbocycles. The molecule has 1 N–H and O–H groups in total. The Balaban J connectivity index is 1.46. The lowest BCUT2D eigenvalue weighted by Crippen LogP contribution is -2.40. The van der Waals surface area contributed by atoms with Gasteiger partial charge in [0.25, 0.3) is 0 Å². The normalized spacial score (nSPS) is 16.8. The molecule has 0 amide bonds. The zero-order valence-electron chi connectivity index (χ0n) is 15.4. The smallest absolute Gasteiger partial charge is 0.227 e. The van der Waals surface area contributed by atoms with E-state index in [0.717, 1.165) is 27.7 Å². The van der Waals surface area contributed by atoms with Crippen LogP contribution in [0, 0.1) is 0 Å². The van der Waals surface area contributed by atoms with Crippen molar-refractivity contribution in [2.24, 2.45) is 0 Å². The van der Waals surface area contributed by atoms with Crippen LogP contribution in [0.4, 0.5) is 28.4 Å². The first-order valence-electron chi connectivity index (χ1n) is 9.69. The fourth-order valence-electron chi connectivity index (χ4n) is 4.61. The van der Waals surface area contributed by atoms with Gasteiger partial charge in [0, 0.05) is 22.7 Å². The molecule has 1 atom stereocenters. The molecule has 0 saturated heterocycles. The standard InChI is InChI=1S/C24H16N4O/c1-2-8-19-18(7-1)26-24-27(20-9-3-4-10-21(20)28(19)24)15-11-12-22-17(14-15)16-6-5-13-25-23(16)29-22/h1-14,24,26H. The van der Waals surface area contributed by atoms with E-state index < -0.39 is 0 Å². The minimum Gasteiger partial charge on any atom is -0.438 e. The number of aromatic nitrogens is 1. The van der Waals surface area contributed by atoms with Crippen LogP contribution in [0.1, 0.15) is 0 Å². The summed E-state index contributed by atoms with van der Waals surface area (Å²) in [5, 5.41) is 5.81. The van der Waals surface area contributed by atoms with E-state index in [9.17, 15) is 0 Å². The lowest BCUT2D eigenvalue weighted by Gasteiger charge is -2.27. The molecular formula is C24H16N4O. The third-order valence-electron chi connectivity index (χ3n) is 5.85. The maximum Gasteiger partial charge on any atom is 0.227 e. The third-order valence-corrected chi connectivity index (χ3v) is 5.85. The van der Waals surface area contributed by atoms with Gasteiger partial charge in [0.05, 0.1) is 22.7 Å². The van der Waals surface area contributed by atoms with Crippen molar-refractivity contribution < 1.29 is 4.42 Å². The fraction of sp³-hybridized carbons (Fsp3) is 0.0417. The number of hydrogen-bond acceptors (Lipinski definition) is 5. The van der Waals surface area contributed by atoms with Gasteiger partial charge in [-0.15, -0.1) is 0 Å². The number of furan rings is 1. The van der Waals surface area contributed by atoms with Gasteiger partial charge in [0.1, 0.15) is 5.58 Å². The minimum absolute atomic E-state index is 0.00135. The maximum atomic E-state index is 5.92. The minimum atomic E-state index is -0.00135. The van der Waals surface area contributed by atoms with Crippen LogP contribution in [0.5, 0.6) is 0 Å². The van der Waals surface area contributed by atoms with Gasteiger partial charge in [-0.3, -0.25) is 4.90 Å². The van der Waals surface area contributed by atoms with Crippen LogP contribution in [0.15, 0.2) is 89.5 Å². The van der Waals surface area contributed by atoms with Gasteiger partial charge >= 0.3 is 0 Å². The third kappa shape index (κ3) is 1.91. The predicted octanol–water partition coefficient (Wildman–Crippen LogP) is 5.98. The highest BCUT2D eigenvalue weighted by molar-refractivity contribution is 6.05. The molecule has 0 radical (unpaired) electrons. The molecule has 3 aromatic carbocycles. The van der Waals surface area contributed by atoms with Crippen LogP contribution in [-0.4, -0.2) is 11.3 Å². The number of benzene rings is 3. The summed E-state index contributed by atoms with van der Waals surface area (Å²) in [7, 11) is 0. The molecule has 0 aliphatic carbocycles. The van der Waals surface area contributed by atoms with Crippen molar-refractivity contribution >= 4 is 50.5 Å². The van der Waals surface area contributed by atoms with E-state index in [4.69, 9.17) is 4.42 Å². The highest BCUT2D eigenvalue weighted by atomic mass is 16.3. The van der Waals surface area contributed by atoms with E-state index in [1.165, 1.54) is 17.1 Å². The number of para-hydroxylation sites is 4. The molecule has 0 spiro atoms. The molecular weight excluding hydrogens is 360 g/mol. The number of fused-ring (bicyclic) bond motifs is 8. The summed E-state index contributed by atoms with van der Waals surface area (Å²) >= 11 is 0. The van der Waals surface area contributed by atoms with Crippen molar-refractivity contribution in [3.8, 4) is 0 Å². The van der Waals surface area contributed by atoms with E-state index in [-0.39, 0.29) is 6.29 Å². The Morgan fingerprint density at radius 1 is 0.759 bits per heavy atom. The first-order chi connectivity index (χ1) is 14.4. The van der Waals surface area contributed by atoms with Crippen LogP contribution in [0.25, 0.3) is 22.1 Å². The second-order valence-electron chi connectivity index (χ2n) is 7.40. The van der Waals surface area contributed by atoms with Crippen molar-refractivity contribution in [3.05, 3.63) is 85.1 Å². The second kappa shape index (κ2) is 5.29. The zero-order valence-corrected chi connectivity index (χ0v) is 15.4. The number of hydrogen-bond donors (Lipinski definition) is 1. The zero-order chi connectivity index (χ0) is 18.9. The first-order valence-corrected chi connectivity index (χ1v) is 9.69. The lowest BCUT2D eigenvalue weighted by molar-refractivity contribution is 0.654. The predicted molar refractivity (Wildman–Crippen MR) is 116 cm³/mol. The molecule has 7 rings (SSSR count). The largest absolute Gasteiger partial charge is 0.438 e. The number of nitrogens with one attached hydrogen (secondary N) is 1. The number of rotatable bonds is 1. The van der Waals surface area contributed by atoms with E-state index in [1.54, 1.807) is 6.20 Å². The van der Waals surface area contributed by atoms with Gasteiger partial charge in [0.15, 0.2) is 6.29 Å². The average Bonchev–Trinajstić information content (AvgIpc) is 3.41. The second-order valence-corrected chi connectivity index (χ2v) is 7.40. The van der Waals surface area contributed by atoms with Gasteiger partial charge in [-0.25, -0.2) is 4.98 Å². The van der Waals surface area contributed by atoms with Crippen LogP contribution in [0.3, 0.4) is 0 Å². The highest BCUT2D eigenvalue weighted by Crippen LogP contribution is 2.53. The Kier molecular flexibility index (Phi) is 2.74. The van der Waals surface area contributed by atoms with Gasteiger partial charge in [0.2, 0.25) is 5.71 Å². The Morgan fingerprint density at radius 3 is 2.45 bits per heavy atom. The molecule has 2 aliphatic heterocycles. The number of pyridine rings is 1. The summed E-state index contributed by atoms with van der Waals surface area (Å²) in [5.41, 5.74) is 7.38. The molecule has 2 aromatic heterocycles. The van der Waals surface area contributed by atoms with E-state index >= 15 is 0 Å². The molecule has 4 heterocycles. The molecule has 5 heteroatoms. The van der Waals surface area contributed by atoms with Crippen molar-refractivity contribution in [2.45, 2.75) is 6.29 Å². The molecule has 0 fully saturated rings. The number of nitrogens with zero attached hydrogens (tertiary/aromatic N) is 3. The Labute approximate surface area is 166 Å². The molecule has 1 unspecified atom stereocenters. The average molecular weight is 376 g/mol. The van der Waals surface area contributed by atoms with Gasteiger partial charge < -0.3 is 14.6 Å². The molecule has 29 heavy (non-hydrogen) atoms. The summed E-state index contributed by atoms with van der Waals surface area (Å²) in [5.74, 6) is 0. The SMILES string of the molecule is c1ccc2c(c1)NC1N(c3ccc4oc5ncccc5c4c3)c3ccccc3N21. The van der Waals surface area contributed by atoms with Crippen molar-refractivity contribution in [1.29, 1.82) is 0 Å². The summed E-state index contributed by atoms with van der Waals surface area (Å²) < 4.78 is 5.92. The van der Waals surface area contributed by atoms with Gasteiger partial charge in [-0.2, -0.15) is 0 Å². The Morgan fingerprint density at radius 2 is 1.55 bits per heavy atom. The Hall–Kier alpha value is -3.99. The summed E-state index contributed by atoms with van der Waals surface area (Å²) in [6.07, 6.45) is 1.76. The van der Waals surface area contributed by atoms with E-state index in [2.05, 4.69) is 86.8 Å². The number of anilines is 5. The maximum absolute atomic E-state index is 5.92. The highest BCUT2D eigenvalue weighted by Gasteiger charge is 2.42. The van der Waals surface area contributed by atoms with Crippen LogP contribution in [-0.2, 0) is 0 Å². The first kappa shape index (κ1) is 15.0. The van der Waals surface area contributed by atoms with E-state index in [0.29, 0.717) is 5.71 Å². The molecule has 0 bridgehead atoms. The summed E-state index contributed by atoms with van der Waals surface area (Å²) in [4.78, 5) is 9.08. The van der Waals surface area contributed by atoms with Crippen molar-refractivity contribution in [1.82, 2.24) is 4.98 Å². The molecule has 5 nitrogen and oxygen atoms in total. The van der Waals surface area contributed by atoms with E-state index in [1.807, 2.05) is 12.1 Å². The molecule has 2 aliphatic rings. The molecule has 138 valence electrons. The lowest BCUT2D eigenvalue weighted by atomic mass is 10.1. The van der Waals surface area contributed by atoms with Gasteiger partial charge in [-0.1, -0.05) is 24.3 Å². The van der Waals surface area contributed by atoms with Crippen LogP contribution >= 0.6 is 0 Å². The Bertz CT molecular complexity index is 1420. The van der Waals surface area contributed by atoms with Crippen LogP contribution in [0.2, 0.25) is 0 Å². The fourth-order valence-corrected chi connectivity index (χ4v) is 4.61. The van der Waals surface area contributed by atoms with Crippen molar-refractivity contribution in [3.63, 3.8) is 0 Å². The van der Waals surface area contributed by atoms with Crippen LogP contribution < -0.4 is 15.1 Å².